The van der Waals surface area contributed by atoms with Crippen LogP contribution in [0.1, 0.15) is 251 Å². The van der Waals surface area contributed by atoms with Crippen LogP contribution in [-0.4, -0.2) is 31.7 Å². The van der Waals surface area contributed by atoms with E-state index in [0.29, 0.717) is 0 Å². The van der Waals surface area contributed by atoms with E-state index in [9.17, 15) is 0 Å². The second kappa shape index (κ2) is 37.4. The monoisotopic (exact) mass is 621 g/mol. The Kier molecular flexibility index (Phi) is 37.4. The van der Waals surface area contributed by atoms with Crippen molar-refractivity contribution in [3.63, 3.8) is 0 Å². The Labute approximate surface area is 282 Å². The quantitative estimate of drug-likeness (QED) is 0.0473. The Morgan fingerprint density at radius 2 is 0.341 bits per heavy atom. The lowest BCUT2D eigenvalue weighted by molar-refractivity contribution is -0.890. The fourth-order valence-corrected chi connectivity index (χ4v) is 7.17. The van der Waals surface area contributed by atoms with Crippen LogP contribution in [-0.2, 0) is 0 Å². The van der Waals surface area contributed by atoms with Gasteiger partial charge in [0.2, 0.25) is 0 Å². The molecule has 0 radical (unpaired) electrons. The average Bonchev–Trinajstić information content (AvgIpc) is 3.01. The fraction of sp³-hybridized carbons (Fsp3) is 1.00. The molecular formula is C43H90N+. The lowest BCUT2D eigenvalue weighted by Gasteiger charge is -2.30. The van der Waals surface area contributed by atoms with Crippen LogP contribution in [0.5, 0.6) is 0 Å². The number of rotatable bonds is 39. The van der Waals surface area contributed by atoms with Gasteiger partial charge >= 0.3 is 0 Å². The van der Waals surface area contributed by atoms with Gasteiger partial charge in [0.15, 0.2) is 0 Å². The summed E-state index contributed by atoms with van der Waals surface area (Å²) in [7, 11) is 4.95. The molecule has 0 heterocycles. The molecule has 0 spiro atoms. The zero-order valence-electron chi connectivity index (χ0n) is 32.0. The van der Waals surface area contributed by atoms with Crippen LogP contribution in [0, 0.1) is 0 Å². The SMILES string of the molecule is CCCCCCCCCCCCCCCCCCCCCCC[N+](C)(C)CCCCCCCCCCCCCCCCCC. The van der Waals surface area contributed by atoms with E-state index in [1.54, 1.807) is 0 Å². The number of hydrogen-bond donors (Lipinski definition) is 0. The molecule has 0 atom stereocenters. The second-order valence-corrected chi connectivity index (χ2v) is 15.8. The zero-order valence-corrected chi connectivity index (χ0v) is 32.0. The highest BCUT2D eigenvalue weighted by atomic mass is 15.3. The maximum Gasteiger partial charge on any atom is 0.0782 e. The number of nitrogens with zero attached hydrogens (tertiary/aromatic N) is 1. The molecule has 0 unspecified atom stereocenters. The maximum atomic E-state index is 2.47. The third kappa shape index (κ3) is 38.1. The Hall–Kier alpha value is -0.0400. The lowest BCUT2D eigenvalue weighted by Crippen LogP contribution is -2.41. The highest BCUT2D eigenvalue weighted by Crippen LogP contribution is 2.17. The molecule has 44 heavy (non-hydrogen) atoms. The van der Waals surface area contributed by atoms with Crippen molar-refractivity contribution < 1.29 is 4.48 Å². The largest absolute Gasteiger partial charge is 0.328 e. The van der Waals surface area contributed by atoms with Crippen molar-refractivity contribution in [2.75, 3.05) is 27.2 Å². The summed E-state index contributed by atoms with van der Waals surface area (Å²) in [4.78, 5) is 0. The van der Waals surface area contributed by atoms with Crippen LogP contribution in [0.3, 0.4) is 0 Å². The minimum atomic E-state index is 1.25. The van der Waals surface area contributed by atoms with Crippen molar-refractivity contribution in [3.05, 3.63) is 0 Å². The van der Waals surface area contributed by atoms with Gasteiger partial charge in [0.05, 0.1) is 27.2 Å². The van der Waals surface area contributed by atoms with Crippen LogP contribution in [0.25, 0.3) is 0 Å². The van der Waals surface area contributed by atoms with Gasteiger partial charge in [-0.1, -0.05) is 226 Å². The summed E-state index contributed by atoms with van der Waals surface area (Å²) in [6.07, 6.45) is 54.4. The van der Waals surface area contributed by atoms with Gasteiger partial charge in [-0.05, 0) is 25.7 Å². The maximum absolute atomic E-state index is 2.47. The topological polar surface area (TPSA) is 0 Å². The molecule has 0 N–H and O–H groups in total. The summed E-state index contributed by atoms with van der Waals surface area (Å²) in [5.41, 5.74) is 0. The normalized spacial score (nSPS) is 12.0. The van der Waals surface area contributed by atoms with Gasteiger partial charge in [-0.15, -0.1) is 0 Å². The first-order chi connectivity index (χ1) is 21.6. The van der Waals surface area contributed by atoms with Crippen LogP contribution < -0.4 is 0 Å². The van der Waals surface area contributed by atoms with Gasteiger partial charge in [-0.2, -0.15) is 0 Å². The van der Waals surface area contributed by atoms with E-state index in [0.717, 1.165) is 0 Å². The molecule has 0 fully saturated rings. The van der Waals surface area contributed by atoms with E-state index >= 15 is 0 Å². The summed E-state index contributed by atoms with van der Waals surface area (Å²) in [6.45, 7) is 7.39. The van der Waals surface area contributed by atoms with E-state index < -0.39 is 0 Å². The minimum absolute atomic E-state index is 1.25. The lowest BCUT2D eigenvalue weighted by atomic mass is 10.0. The third-order valence-corrected chi connectivity index (χ3v) is 10.5. The molecule has 0 saturated heterocycles. The first-order valence-corrected chi connectivity index (χ1v) is 21.4. The molecule has 0 aromatic carbocycles. The molecule has 1 heteroatoms. The third-order valence-electron chi connectivity index (χ3n) is 10.5. The molecule has 0 aliphatic heterocycles. The molecule has 0 aliphatic carbocycles. The summed E-state index contributed by atoms with van der Waals surface area (Å²) in [6, 6.07) is 0. The molecule has 0 saturated carbocycles. The number of quaternary nitrogens is 1. The standard InChI is InChI=1S/C43H90N/c1-5-7-9-11-13-15-17-19-21-23-24-25-26-27-29-31-33-35-37-39-41-43-44(3,4)42-40-38-36-34-32-30-28-22-20-18-16-14-12-10-8-6-2/h5-43H2,1-4H3/q+1. The number of hydrogen-bond acceptors (Lipinski definition) is 0. The van der Waals surface area contributed by atoms with Crippen molar-refractivity contribution in [2.24, 2.45) is 0 Å². The summed E-state index contributed by atoms with van der Waals surface area (Å²) >= 11 is 0. The Balaban J connectivity index is 3.25. The summed E-state index contributed by atoms with van der Waals surface area (Å²) in [5, 5.41) is 0. The summed E-state index contributed by atoms with van der Waals surface area (Å²) in [5.74, 6) is 0. The first-order valence-electron chi connectivity index (χ1n) is 21.4. The molecule has 266 valence electrons. The highest BCUT2D eigenvalue weighted by molar-refractivity contribution is 4.53. The predicted octanol–water partition coefficient (Wildman–Crippen LogP) is 15.5. The van der Waals surface area contributed by atoms with E-state index in [4.69, 9.17) is 0 Å². The van der Waals surface area contributed by atoms with Crippen LogP contribution in [0.4, 0.5) is 0 Å². The van der Waals surface area contributed by atoms with Crippen LogP contribution in [0.2, 0.25) is 0 Å². The van der Waals surface area contributed by atoms with Gasteiger partial charge in [0.25, 0.3) is 0 Å². The van der Waals surface area contributed by atoms with E-state index in [1.807, 2.05) is 0 Å². The predicted molar refractivity (Wildman–Crippen MR) is 204 cm³/mol. The molecular weight excluding hydrogens is 530 g/mol. The summed E-state index contributed by atoms with van der Waals surface area (Å²) < 4.78 is 1.25. The van der Waals surface area contributed by atoms with Gasteiger partial charge in [-0.25, -0.2) is 0 Å². The molecule has 0 aromatic rings. The van der Waals surface area contributed by atoms with Crippen molar-refractivity contribution in [1.29, 1.82) is 0 Å². The Morgan fingerprint density at radius 1 is 0.205 bits per heavy atom. The van der Waals surface area contributed by atoms with Crippen molar-refractivity contribution in [1.82, 2.24) is 0 Å². The van der Waals surface area contributed by atoms with Gasteiger partial charge in [0.1, 0.15) is 0 Å². The first kappa shape index (κ1) is 44.0. The van der Waals surface area contributed by atoms with Gasteiger partial charge < -0.3 is 4.48 Å². The van der Waals surface area contributed by atoms with Crippen LogP contribution >= 0.6 is 0 Å². The smallest absolute Gasteiger partial charge is 0.0782 e. The Morgan fingerprint density at radius 3 is 0.500 bits per heavy atom. The van der Waals surface area contributed by atoms with E-state index in [2.05, 4.69) is 27.9 Å². The molecule has 0 aliphatic rings. The van der Waals surface area contributed by atoms with Crippen molar-refractivity contribution in [2.45, 2.75) is 251 Å². The van der Waals surface area contributed by atoms with Gasteiger partial charge in [0, 0.05) is 0 Å². The fourth-order valence-electron chi connectivity index (χ4n) is 7.17. The molecule has 1 nitrogen and oxygen atoms in total. The number of unbranched alkanes of at least 4 members (excludes halogenated alkanes) is 35. The molecule has 0 aromatic heterocycles. The molecule has 0 rings (SSSR count). The average molecular weight is 621 g/mol. The minimum Gasteiger partial charge on any atom is -0.328 e. The Bertz CT molecular complexity index is 497. The molecule has 0 bridgehead atoms. The van der Waals surface area contributed by atoms with Crippen molar-refractivity contribution in [3.8, 4) is 0 Å². The van der Waals surface area contributed by atoms with Crippen LogP contribution in [0.15, 0.2) is 0 Å². The second-order valence-electron chi connectivity index (χ2n) is 15.8. The van der Waals surface area contributed by atoms with Gasteiger partial charge in [-0.3, -0.25) is 0 Å². The molecule has 0 amide bonds. The highest BCUT2D eigenvalue weighted by Gasteiger charge is 2.13. The van der Waals surface area contributed by atoms with E-state index in [-0.39, 0.29) is 0 Å². The zero-order chi connectivity index (χ0) is 32.1. The van der Waals surface area contributed by atoms with E-state index in [1.165, 1.54) is 255 Å². The van der Waals surface area contributed by atoms with Crippen molar-refractivity contribution >= 4 is 0 Å².